The maximum Gasteiger partial charge on any atom is 0.133 e. The van der Waals surface area contributed by atoms with E-state index < -0.39 is 0 Å². The predicted molar refractivity (Wildman–Crippen MR) is 81.1 cm³/mol. The number of para-hydroxylation sites is 2. The van der Waals surface area contributed by atoms with Crippen molar-refractivity contribution in [1.82, 2.24) is 4.98 Å². The Balaban J connectivity index is 1.72. The fourth-order valence-electron chi connectivity index (χ4n) is 2.56. The normalized spacial score (nSPS) is 14.5. The molecule has 2 heterocycles. The molecule has 0 saturated carbocycles. The van der Waals surface area contributed by atoms with Crippen molar-refractivity contribution in [3.63, 3.8) is 0 Å². The lowest BCUT2D eigenvalue weighted by Gasteiger charge is -2.21. The standard InChI is InChI=1S/C16H19N3O/c20-14-8-7-13(17-12-14)11-18-15-5-1-2-6-16(15)19-9-3-4-10-19/h1-2,5-8,12,18,20H,3-4,9-11H2. The Kier molecular flexibility index (Phi) is 3.72. The molecule has 4 heteroatoms. The zero-order valence-corrected chi connectivity index (χ0v) is 11.4. The summed E-state index contributed by atoms with van der Waals surface area (Å²) in [4.78, 5) is 6.62. The van der Waals surface area contributed by atoms with Crippen molar-refractivity contribution in [1.29, 1.82) is 0 Å². The summed E-state index contributed by atoms with van der Waals surface area (Å²) in [5, 5.41) is 12.7. The molecule has 1 aromatic carbocycles. The first-order chi connectivity index (χ1) is 9.83. The lowest BCUT2D eigenvalue weighted by Crippen LogP contribution is -2.19. The Morgan fingerprint density at radius 3 is 2.65 bits per heavy atom. The number of nitrogens with one attached hydrogen (secondary N) is 1. The summed E-state index contributed by atoms with van der Waals surface area (Å²) in [6, 6.07) is 11.9. The number of aromatic hydroxyl groups is 1. The van der Waals surface area contributed by atoms with Crippen LogP contribution in [0.15, 0.2) is 42.6 Å². The van der Waals surface area contributed by atoms with Crippen LogP contribution >= 0.6 is 0 Å². The van der Waals surface area contributed by atoms with Crippen LogP contribution in [-0.2, 0) is 6.54 Å². The second-order valence-electron chi connectivity index (χ2n) is 5.07. The zero-order valence-electron chi connectivity index (χ0n) is 11.4. The van der Waals surface area contributed by atoms with E-state index in [1.54, 1.807) is 6.07 Å². The molecule has 0 amide bonds. The minimum absolute atomic E-state index is 0.200. The van der Waals surface area contributed by atoms with Crippen molar-refractivity contribution in [3.05, 3.63) is 48.3 Å². The fourth-order valence-corrected chi connectivity index (χ4v) is 2.56. The fraction of sp³-hybridized carbons (Fsp3) is 0.312. The molecular formula is C16H19N3O. The van der Waals surface area contributed by atoms with Gasteiger partial charge in [0.15, 0.2) is 0 Å². The highest BCUT2D eigenvalue weighted by Crippen LogP contribution is 2.28. The summed E-state index contributed by atoms with van der Waals surface area (Å²) >= 11 is 0. The smallest absolute Gasteiger partial charge is 0.133 e. The van der Waals surface area contributed by atoms with Crippen LogP contribution in [0.2, 0.25) is 0 Å². The predicted octanol–water partition coefficient (Wildman–Crippen LogP) is 3.00. The number of benzene rings is 1. The van der Waals surface area contributed by atoms with Gasteiger partial charge in [0.25, 0.3) is 0 Å². The summed E-state index contributed by atoms with van der Waals surface area (Å²) in [6.45, 7) is 2.93. The molecule has 1 fully saturated rings. The molecule has 2 N–H and O–H groups in total. The third kappa shape index (κ3) is 2.85. The Morgan fingerprint density at radius 1 is 1.10 bits per heavy atom. The number of hydrogen-bond acceptors (Lipinski definition) is 4. The lowest BCUT2D eigenvalue weighted by atomic mass is 10.2. The monoisotopic (exact) mass is 269 g/mol. The second-order valence-corrected chi connectivity index (χ2v) is 5.07. The molecule has 0 unspecified atom stereocenters. The summed E-state index contributed by atoms with van der Waals surface area (Å²) in [5.74, 6) is 0.200. The summed E-state index contributed by atoms with van der Waals surface area (Å²) in [5.41, 5.74) is 3.33. The van der Waals surface area contributed by atoms with E-state index in [2.05, 4.69) is 33.4 Å². The number of pyridine rings is 1. The minimum atomic E-state index is 0.200. The van der Waals surface area contributed by atoms with Gasteiger partial charge in [0, 0.05) is 13.1 Å². The largest absolute Gasteiger partial charge is 0.506 e. The molecule has 20 heavy (non-hydrogen) atoms. The quantitative estimate of drug-likeness (QED) is 0.896. The average molecular weight is 269 g/mol. The molecule has 0 aliphatic carbocycles. The van der Waals surface area contributed by atoms with E-state index in [1.807, 2.05) is 12.1 Å². The van der Waals surface area contributed by atoms with Crippen LogP contribution in [0.1, 0.15) is 18.5 Å². The molecule has 0 radical (unpaired) electrons. The molecule has 104 valence electrons. The maximum absolute atomic E-state index is 9.24. The SMILES string of the molecule is Oc1ccc(CNc2ccccc2N2CCCC2)nc1. The van der Waals surface area contributed by atoms with E-state index in [0.29, 0.717) is 6.54 Å². The third-order valence-corrected chi connectivity index (χ3v) is 3.62. The summed E-state index contributed by atoms with van der Waals surface area (Å²) in [7, 11) is 0. The van der Waals surface area contributed by atoms with Gasteiger partial charge in [-0.2, -0.15) is 0 Å². The van der Waals surface area contributed by atoms with Crippen molar-refractivity contribution >= 4 is 11.4 Å². The molecule has 2 aromatic rings. The topological polar surface area (TPSA) is 48.4 Å². The highest BCUT2D eigenvalue weighted by Gasteiger charge is 2.15. The highest BCUT2D eigenvalue weighted by atomic mass is 16.3. The van der Waals surface area contributed by atoms with Gasteiger partial charge in [-0.05, 0) is 37.1 Å². The molecule has 0 spiro atoms. The molecule has 1 aromatic heterocycles. The zero-order chi connectivity index (χ0) is 13.8. The van der Waals surface area contributed by atoms with Gasteiger partial charge in [-0.25, -0.2) is 0 Å². The van der Waals surface area contributed by atoms with E-state index in [0.717, 1.165) is 24.5 Å². The van der Waals surface area contributed by atoms with Crippen LogP contribution in [0, 0.1) is 0 Å². The van der Waals surface area contributed by atoms with Gasteiger partial charge >= 0.3 is 0 Å². The highest BCUT2D eigenvalue weighted by molar-refractivity contribution is 5.70. The Hall–Kier alpha value is -2.23. The molecule has 1 aliphatic rings. The van der Waals surface area contributed by atoms with E-state index >= 15 is 0 Å². The minimum Gasteiger partial charge on any atom is -0.506 e. The molecular weight excluding hydrogens is 250 g/mol. The molecule has 1 aliphatic heterocycles. The third-order valence-electron chi connectivity index (χ3n) is 3.62. The number of rotatable bonds is 4. The second kappa shape index (κ2) is 5.82. The van der Waals surface area contributed by atoms with Crippen molar-refractivity contribution in [2.24, 2.45) is 0 Å². The first kappa shape index (κ1) is 12.8. The Morgan fingerprint density at radius 2 is 1.90 bits per heavy atom. The van der Waals surface area contributed by atoms with Crippen molar-refractivity contribution in [2.75, 3.05) is 23.3 Å². The molecule has 3 rings (SSSR count). The van der Waals surface area contributed by atoms with Crippen molar-refractivity contribution < 1.29 is 5.11 Å². The van der Waals surface area contributed by atoms with Crippen LogP contribution in [-0.4, -0.2) is 23.2 Å². The van der Waals surface area contributed by atoms with Gasteiger partial charge in [0.2, 0.25) is 0 Å². The van der Waals surface area contributed by atoms with Gasteiger partial charge < -0.3 is 15.3 Å². The number of hydrogen-bond donors (Lipinski definition) is 2. The Bertz CT molecular complexity index is 562. The molecule has 0 bridgehead atoms. The maximum atomic E-state index is 9.24. The van der Waals surface area contributed by atoms with Gasteiger partial charge in [-0.15, -0.1) is 0 Å². The average Bonchev–Trinajstić information content (AvgIpc) is 3.01. The van der Waals surface area contributed by atoms with Gasteiger partial charge in [-0.3, -0.25) is 4.98 Å². The van der Waals surface area contributed by atoms with E-state index in [4.69, 9.17) is 0 Å². The first-order valence-electron chi connectivity index (χ1n) is 7.05. The van der Waals surface area contributed by atoms with Crippen molar-refractivity contribution in [2.45, 2.75) is 19.4 Å². The molecule has 4 nitrogen and oxygen atoms in total. The van der Waals surface area contributed by atoms with Crippen LogP contribution in [0.5, 0.6) is 5.75 Å². The van der Waals surface area contributed by atoms with Crippen LogP contribution in [0.3, 0.4) is 0 Å². The van der Waals surface area contributed by atoms with Crippen LogP contribution in [0.4, 0.5) is 11.4 Å². The van der Waals surface area contributed by atoms with Gasteiger partial charge in [0.1, 0.15) is 5.75 Å². The summed E-state index contributed by atoms with van der Waals surface area (Å²) < 4.78 is 0. The van der Waals surface area contributed by atoms with Crippen molar-refractivity contribution in [3.8, 4) is 5.75 Å². The van der Waals surface area contributed by atoms with E-state index in [1.165, 1.54) is 24.7 Å². The van der Waals surface area contributed by atoms with E-state index in [-0.39, 0.29) is 5.75 Å². The van der Waals surface area contributed by atoms with Gasteiger partial charge in [-0.1, -0.05) is 12.1 Å². The number of nitrogens with zero attached hydrogens (tertiary/aromatic N) is 2. The van der Waals surface area contributed by atoms with Gasteiger partial charge in [0.05, 0.1) is 29.8 Å². The molecule has 1 saturated heterocycles. The van der Waals surface area contributed by atoms with E-state index in [9.17, 15) is 5.11 Å². The Labute approximate surface area is 119 Å². The lowest BCUT2D eigenvalue weighted by molar-refractivity contribution is 0.472. The molecule has 0 atom stereocenters. The first-order valence-corrected chi connectivity index (χ1v) is 7.05. The van der Waals surface area contributed by atoms with Crippen LogP contribution < -0.4 is 10.2 Å². The summed E-state index contributed by atoms with van der Waals surface area (Å²) in [6.07, 6.45) is 4.02. The van der Waals surface area contributed by atoms with Crippen LogP contribution in [0.25, 0.3) is 0 Å². The number of anilines is 2. The number of aromatic nitrogens is 1.